The standard InChI is InChI=1S/C21H25NO4/c1-15(2)26-18-10-6-9-17(13-18)21(24)22-11-12-25-19(14-23)20(22)16-7-4-3-5-8-16/h3-10,13,15,19-20,23H,11-12,14H2,1-2H3/t19-,20-/m1/s1. The quantitative estimate of drug-likeness (QED) is 0.896. The largest absolute Gasteiger partial charge is 0.491 e. The molecule has 2 aromatic carbocycles. The minimum absolute atomic E-state index is 0.0413. The Morgan fingerprint density at radius 1 is 1.23 bits per heavy atom. The van der Waals surface area contributed by atoms with Crippen molar-refractivity contribution in [3.05, 3.63) is 65.7 Å². The third kappa shape index (κ3) is 4.06. The lowest BCUT2D eigenvalue weighted by Crippen LogP contribution is -2.49. The van der Waals surface area contributed by atoms with Gasteiger partial charge in [0, 0.05) is 12.1 Å². The van der Waals surface area contributed by atoms with Crippen molar-refractivity contribution in [3.8, 4) is 5.75 Å². The monoisotopic (exact) mass is 355 g/mol. The highest BCUT2D eigenvalue weighted by molar-refractivity contribution is 5.95. The van der Waals surface area contributed by atoms with Crippen LogP contribution in [0, 0.1) is 0 Å². The highest BCUT2D eigenvalue weighted by Gasteiger charge is 2.36. The number of ether oxygens (including phenoxy) is 2. The van der Waals surface area contributed by atoms with Crippen LogP contribution in [0.15, 0.2) is 54.6 Å². The molecule has 1 heterocycles. The van der Waals surface area contributed by atoms with Crippen LogP contribution in [0.1, 0.15) is 35.8 Å². The summed E-state index contributed by atoms with van der Waals surface area (Å²) in [5, 5.41) is 9.75. The number of nitrogens with zero attached hydrogens (tertiary/aromatic N) is 1. The fourth-order valence-corrected chi connectivity index (χ4v) is 3.30. The van der Waals surface area contributed by atoms with Crippen LogP contribution in [-0.4, -0.2) is 47.9 Å². The molecule has 5 nitrogen and oxygen atoms in total. The molecule has 0 saturated carbocycles. The molecule has 0 spiro atoms. The number of aliphatic hydroxyl groups excluding tert-OH is 1. The van der Waals surface area contributed by atoms with Gasteiger partial charge in [-0.05, 0) is 37.6 Å². The van der Waals surface area contributed by atoms with Gasteiger partial charge in [0.15, 0.2) is 0 Å². The zero-order valence-electron chi connectivity index (χ0n) is 15.2. The van der Waals surface area contributed by atoms with Gasteiger partial charge < -0.3 is 19.5 Å². The molecule has 138 valence electrons. The molecule has 26 heavy (non-hydrogen) atoms. The highest BCUT2D eigenvalue weighted by Crippen LogP contribution is 2.31. The van der Waals surface area contributed by atoms with Gasteiger partial charge in [-0.25, -0.2) is 0 Å². The van der Waals surface area contributed by atoms with Crippen molar-refractivity contribution in [1.29, 1.82) is 0 Å². The molecular weight excluding hydrogens is 330 g/mol. The van der Waals surface area contributed by atoms with Crippen LogP contribution in [-0.2, 0) is 4.74 Å². The van der Waals surface area contributed by atoms with E-state index >= 15 is 0 Å². The minimum Gasteiger partial charge on any atom is -0.491 e. The summed E-state index contributed by atoms with van der Waals surface area (Å²) in [5.41, 5.74) is 1.52. The fourth-order valence-electron chi connectivity index (χ4n) is 3.30. The van der Waals surface area contributed by atoms with Gasteiger partial charge in [0.1, 0.15) is 11.9 Å². The Labute approximate surface area is 154 Å². The Kier molecular flexibility index (Phi) is 5.91. The van der Waals surface area contributed by atoms with Gasteiger partial charge in [0.2, 0.25) is 0 Å². The van der Waals surface area contributed by atoms with Crippen LogP contribution >= 0.6 is 0 Å². The molecule has 0 radical (unpaired) electrons. The van der Waals surface area contributed by atoms with E-state index in [1.165, 1.54) is 0 Å². The second kappa shape index (κ2) is 8.34. The normalized spacial score (nSPS) is 20.2. The summed E-state index contributed by atoms with van der Waals surface area (Å²) in [6, 6.07) is 16.6. The smallest absolute Gasteiger partial charge is 0.254 e. The number of benzene rings is 2. The van der Waals surface area contributed by atoms with Gasteiger partial charge in [-0.1, -0.05) is 36.4 Å². The third-order valence-electron chi connectivity index (χ3n) is 4.39. The van der Waals surface area contributed by atoms with Crippen LogP contribution in [0.25, 0.3) is 0 Å². The molecule has 1 N–H and O–H groups in total. The average molecular weight is 355 g/mol. The lowest BCUT2D eigenvalue weighted by molar-refractivity contribution is -0.0811. The molecule has 0 aliphatic carbocycles. The second-order valence-corrected chi connectivity index (χ2v) is 6.64. The van der Waals surface area contributed by atoms with E-state index < -0.39 is 6.10 Å². The number of hydrogen-bond acceptors (Lipinski definition) is 4. The van der Waals surface area contributed by atoms with E-state index in [1.54, 1.807) is 17.0 Å². The van der Waals surface area contributed by atoms with E-state index in [4.69, 9.17) is 9.47 Å². The number of hydrogen-bond donors (Lipinski definition) is 1. The van der Waals surface area contributed by atoms with Gasteiger partial charge in [-0.15, -0.1) is 0 Å². The molecule has 5 heteroatoms. The van der Waals surface area contributed by atoms with Gasteiger partial charge in [0.25, 0.3) is 5.91 Å². The number of aliphatic hydroxyl groups is 1. The van der Waals surface area contributed by atoms with Crippen LogP contribution in [0.5, 0.6) is 5.75 Å². The zero-order chi connectivity index (χ0) is 18.5. The first kappa shape index (κ1) is 18.4. The first-order valence-corrected chi connectivity index (χ1v) is 8.95. The van der Waals surface area contributed by atoms with Gasteiger partial charge in [0.05, 0.1) is 25.4 Å². The summed E-state index contributed by atoms with van der Waals surface area (Å²) in [6.07, 6.45) is -0.398. The molecule has 1 saturated heterocycles. The Bertz CT molecular complexity index is 732. The Hall–Kier alpha value is -2.37. The lowest BCUT2D eigenvalue weighted by atomic mass is 9.97. The molecule has 2 atom stereocenters. The van der Waals surface area contributed by atoms with Gasteiger partial charge >= 0.3 is 0 Å². The first-order valence-electron chi connectivity index (χ1n) is 8.95. The fraction of sp³-hybridized carbons (Fsp3) is 0.381. The topological polar surface area (TPSA) is 59.0 Å². The van der Waals surface area contributed by atoms with Crippen molar-refractivity contribution in [3.63, 3.8) is 0 Å². The van der Waals surface area contributed by atoms with E-state index in [0.717, 1.165) is 5.56 Å². The molecule has 1 aliphatic heterocycles. The maximum absolute atomic E-state index is 13.2. The van der Waals surface area contributed by atoms with Crippen molar-refractivity contribution >= 4 is 5.91 Å². The minimum atomic E-state index is -0.440. The lowest BCUT2D eigenvalue weighted by Gasteiger charge is -2.41. The van der Waals surface area contributed by atoms with Crippen LogP contribution < -0.4 is 4.74 Å². The third-order valence-corrected chi connectivity index (χ3v) is 4.39. The zero-order valence-corrected chi connectivity index (χ0v) is 15.2. The average Bonchev–Trinajstić information content (AvgIpc) is 2.67. The van der Waals surface area contributed by atoms with Crippen molar-refractivity contribution in [2.24, 2.45) is 0 Å². The molecule has 3 rings (SSSR count). The molecule has 0 unspecified atom stereocenters. The predicted molar refractivity (Wildman–Crippen MR) is 99.3 cm³/mol. The summed E-state index contributed by atoms with van der Waals surface area (Å²) in [4.78, 5) is 15.0. The number of carbonyl (C=O) groups excluding carboxylic acids is 1. The number of morpholine rings is 1. The molecule has 2 aromatic rings. The van der Waals surface area contributed by atoms with E-state index in [-0.39, 0.29) is 24.7 Å². The SMILES string of the molecule is CC(C)Oc1cccc(C(=O)N2CCO[C@H](CO)[C@H]2c2ccccc2)c1. The van der Waals surface area contributed by atoms with Crippen molar-refractivity contribution in [1.82, 2.24) is 4.90 Å². The van der Waals surface area contributed by atoms with E-state index in [9.17, 15) is 9.90 Å². The van der Waals surface area contributed by atoms with Crippen molar-refractivity contribution < 1.29 is 19.4 Å². The number of carbonyl (C=O) groups is 1. The maximum atomic E-state index is 13.2. The summed E-state index contributed by atoms with van der Waals surface area (Å²) >= 11 is 0. The maximum Gasteiger partial charge on any atom is 0.254 e. The second-order valence-electron chi connectivity index (χ2n) is 6.64. The van der Waals surface area contributed by atoms with Gasteiger partial charge in [-0.2, -0.15) is 0 Å². The highest BCUT2D eigenvalue weighted by atomic mass is 16.5. The molecule has 1 amide bonds. The molecule has 1 aliphatic rings. The van der Waals surface area contributed by atoms with Crippen molar-refractivity contribution in [2.45, 2.75) is 32.1 Å². The summed E-state index contributed by atoms with van der Waals surface area (Å²) < 4.78 is 11.4. The molecule has 0 bridgehead atoms. The number of rotatable bonds is 5. The molecule has 1 fully saturated rings. The van der Waals surface area contributed by atoms with Crippen molar-refractivity contribution in [2.75, 3.05) is 19.8 Å². The first-order chi connectivity index (χ1) is 12.6. The molecular formula is C21H25NO4. The van der Waals surface area contributed by atoms with Gasteiger partial charge in [-0.3, -0.25) is 4.79 Å². The predicted octanol–water partition coefficient (Wildman–Crippen LogP) is 3.05. The van der Waals surface area contributed by atoms with Crippen LogP contribution in [0.4, 0.5) is 0 Å². The Morgan fingerprint density at radius 3 is 2.69 bits per heavy atom. The van der Waals surface area contributed by atoms with E-state index in [1.807, 2.05) is 56.3 Å². The van der Waals surface area contributed by atoms with E-state index in [2.05, 4.69) is 0 Å². The molecule has 0 aromatic heterocycles. The Morgan fingerprint density at radius 2 is 2.00 bits per heavy atom. The Balaban J connectivity index is 1.91. The summed E-state index contributed by atoms with van der Waals surface area (Å²) in [6.45, 7) is 4.65. The number of amides is 1. The van der Waals surface area contributed by atoms with Crippen LogP contribution in [0.2, 0.25) is 0 Å². The summed E-state index contributed by atoms with van der Waals surface area (Å²) in [5.74, 6) is 0.587. The van der Waals surface area contributed by atoms with E-state index in [0.29, 0.717) is 24.5 Å². The summed E-state index contributed by atoms with van der Waals surface area (Å²) in [7, 11) is 0. The van der Waals surface area contributed by atoms with Crippen LogP contribution in [0.3, 0.4) is 0 Å².